The molecule has 2 N–H and O–H groups in total. The van der Waals surface area contributed by atoms with Gasteiger partial charge in [0.2, 0.25) is 5.95 Å². The number of fused-ring (bicyclic) bond motifs is 1. The second-order valence-corrected chi connectivity index (χ2v) is 9.17. The van der Waals surface area contributed by atoms with E-state index in [4.69, 9.17) is 4.74 Å². The van der Waals surface area contributed by atoms with E-state index >= 15 is 0 Å². The first-order valence-electron chi connectivity index (χ1n) is 12.0. The Kier molecular flexibility index (Phi) is 6.22. The molecule has 1 saturated heterocycles. The summed E-state index contributed by atoms with van der Waals surface area (Å²) in [4.78, 5) is 8.92. The molecular formula is C26H30FN7O. The fraction of sp³-hybridized carbons (Fsp3) is 0.385. The zero-order chi connectivity index (χ0) is 24.5. The highest BCUT2D eigenvalue weighted by Crippen LogP contribution is 2.39. The van der Waals surface area contributed by atoms with Gasteiger partial charge in [0.05, 0.1) is 35.4 Å². The number of nitriles is 1. The van der Waals surface area contributed by atoms with Gasteiger partial charge < -0.3 is 29.7 Å². The molecule has 1 fully saturated rings. The van der Waals surface area contributed by atoms with E-state index in [1.165, 1.54) is 6.07 Å². The van der Waals surface area contributed by atoms with Crippen LogP contribution in [-0.2, 0) is 7.05 Å². The van der Waals surface area contributed by atoms with Crippen molar-refractivity contribution >= 4 is 23.0 Å². The minimum absolute atomic E-state index is 0.231. The van der Waals surface area contributed by atoms with Crippen LogP contribution in [0, 0.1) is 17.1 Å². The SMILES string of the molecule is CC(C)N1CCOc2c(F)cc(-c3cnc(Nc4ccc(N5CCNCC5)c(C#N)c4)n3C)cc21. The third kappa shape index (κ3) is 4.37. The Labute approximate surface area is 204 Å². The van der Waals surface area contributed by atoms with Gasteiger partial charge in [-0.3, -0.25) is 0 Å². The molecule has 0 radical (unpaired) electrons. The van der Waals surface area contributed by atoms with Crippen LogP contribution in [0.2, 0.25) is 0 Å². The van der Waals surface area contributed by atoms with Gasteiger partial charge in [0.15, 0.2) is 11.6 Å². The van der Waals surface area contributed by atoms with E-state index in [0.717, 1.165) is 61.0 Å². The fourth-order valence-electron chi connectivity index (χ4n) is 4.79. The Morgan fingerprint density at radius 3 is 2.69 bits per heavy atom. The summed E-state index contributed by atoms with van der Waals surface area (Å²) in [7, 11) is 1.89. The zero-order valence-electron chi connectivity index (χ0n) is 20.3. The van der Waals surface area contributed by atoms with Crippen LogP contribution in [0.5, 0.6) is 5.75 Å². The summed E-state index contributed by atoms with van der Waals surface area (Å²) in [5, 5.41) is 16.4. The molecule has 3 heterocycles. The number of hydrogen-bond acceptors (Lipinski definition) is 7. The quantitative estimate of drug-likeness (QED) is 0.580. The van der Waals surface area contributed by atoms with Gasteiger partial charge in [-0.25, -0.2) is 9.37 Å². The van der Waals surface area contributed by atoms with Crippen molar-refractivity contribution in [2.45, 2.75) is 19.9 Å². The Bertz CT molecular complexity index is 1270. The Hall–Kier alpha value is -3.77. The molecule has 2 aromatic carbocycles. The van der Waals surface area contributed by atoms with E-state index < -0.39 is 0 Å². The van der Waals surface area contributed by atoms with E-state index in [0.29, 0.717) is 23.9 Å². The molecule has 35 heavy (non-hydrogen) atoms. The molecule has 8 nitrogen and oxygen atoms in total. The van der Waals surface area contributed by atoms with E-state index in [1.807, 2.05) is 35.9 Å². The van der Waals surface area contributed by atoms with Crippen LogP contribution in [0.1, 0.15) is 19.4 Å². The maximum atomic E-state index is 15.0. The van der Waals surface area contributed by atoms with E-state index in [-0.39, 0.29) is 11.9 Å². The largest absolute Gasteiger partial charge is 0.486 e. The van der Waals surface area contributed by atoms with Crippen LogP contribution >= 0.6 is 0 Å². The Morgan fingerprint density at radius 2 is 1.94 bits per heavy atom. The Balaban J connectivity index is 1.43. The average molecular weight is 476 g/mol. The molecule has 9 heteroatoms. The lowest BCUT2D eigenvalue weighted by Crippen LogP contribution is -2.43. The van der Waals surface area contributed by atoms with E-state index in [9.17, 15) is 9.65 Å². The summed E-state index contributed by atoms with van der Waals surface area (Å²) in [5.74, 6) is 0.539. The Morgan fingerprint density at radius 1 is 1.14 bits per heavy atom. The van der Waals surface area contributed by atoms with Crippen molar-refractivity contribution in [3.05, 3.63) is 47.9 Å². The minimum Gasteiger partial charge on any atom is -0.486 e. The van der Waals surface area contributed by atoms with Crippen molar-refractivity contribution in [3.63, 3.8) is 0 Å². The van der Waals surface area contributed by atoms with Gasteiger partial charge in [-0.15, -0.1) is 0 Å². The van der Waals surface area contributed by atoms with Gasteiger partial charge in [-0.05, 0) is 44.2 Å². The van der Waals surface area contributed by atoms with Gasteiger partial charge in [-0.1, -0.05) is 0 Å². The summed E-state index contributed by atoms with van der Waals surface area (Å²) >= 11 is 0. The average Bonchev–Trinajstić information content (AvgIpc) is 3.23. The third-order valence-corrected chi connectivity index (χ3v) is 6.65. The number of nitrogens with zero attached hydrogens (tertiary/aromatic N) is 5. The molecule has 0 spiro atoms. The van der Waals surface area contributed by atoms with E-state index in [1.54, 1.807) is 6.20 Å². The first-order valence-corrected chi connectivity index (χ1v) is 12.0. The van der Waals surface area contributed by atoms with Gasteiger partial charge in [0.1, 0.15) is 12.7 Å². The summed E-state index contributed by atoms with van der Waals surface area (Å²) < 4.78 is 22.5. The van der Waals surface area contributed by atoms with Crippen molar-refractivity contribution in [1.29, 1.82) is 5.26 Å². The maximum Gasteiger partial charge on any atom is 0.207 e. The normalized spacial score (nSPS) is 15.5. The molecule has 3 aromatic rings. The molecule has 5 rings (SSSR count). The molecule has 0 saturated carbocycles. The molecule has 2 aliphatic heterocycles. The number of nitrogens with one attached hydrogen (secondary N) is 2. The van der Waals surface area contributed by atoms with Crippen LogP contribution in [0.3, 0.4) is 0 Å². The summed E-state index contributed by atoms with van der Waals surface area (Å²) in [6, 6.07) is 11.8. The lowest BCUT2D eigenvalue weighted by Gasteiger charge is -2.34. The molecule has 0 bridgehead atoms. The van der Waals surface area contributed by atoms with Gasteiger partial charge in [0, 0.05) is 50.5 Å². The van der Waals surface area contributed by atoms with Gasteiger partial charge in [-0.2, -0.15) is 5.26 Å². The fourth-order valence-corrected chi connectivity index (χ4v) is 4.79. The second kappa shape index (κ2) is 9.47. The zero-order valence-corrected chi connectivity index (χ0v) is 20.3. The minimum atomic E-state index is -0.374. The van der Waals surface area contributed by atoms with Crippen LogP contribution in [-0.4, -0.2) is 54.9 Å². The van der Waals surface area contributed by atoms with Crippen molar-refractivity contribution in [2.75, 3.05) is 54.4 Å². The summed E-state index contributed by atoms with van der Waals surface area (Å²) in [6.07, 6.45) is 1.73. The number of benzene rings is 2. The first-order chi connectivity index (χ1) is 17.0. The molecule has 1 aromatic heterocycles. The van der Waals surface area contributed by atoms with Gasteiger partial charge in [0.25, 0.3) is 0 Å². The molecule has 2 aliphatic rings. The predicted molar refractivity (Wildman–Crippen MR) is 136 cm³/mol. The molecule has 0 aliphatic carbocycles. The highest BCUT2D eigenvalue weighted by Gasteiger charge is 2.25. The maximum absolute atomic E-state index is 15.0. The number of halogens is 1. The van der Waals surface area contributed by atoms with Crippen LogP contribution in [0.15, 0.2) is 36.5 Å². The topological polar surface area (TPSA) is 81.4 Å². The summed E-state index contributed by atoms with van der Waals surface area (Å²) in [6.45, 7) is 8.94. The monoisotopic (exact) mass is 475 g/mol. The van der Waals surface area contributed by atoms with Crippen LogP contribution in [0.4, 0.5) is 27.4 Å². The number of hydrogen-bond donors (Lipinski definition) is 2. The lowest BCUT2D eigenvalue weighted by atomic mass is 10.1. The molecular weight excluding hydrogens is 445 g/mol. The highest BCUT2D eigenvalue weighted by molar-refractivity contribution is 5.74. The number of ether oxygens (including phenoxy) is 1. The lowest BCUT2D eigenvalue weighted by molar-refractivity contribution is 0.287. The van der Waals surface area contributed by atoms with Crippen LogP contribution in [0.25, 0.3) is 11.3 Å². The van der Waals surface area contributed by atoms with Gasteiger partial charge >= 0.3 is 0 Å². The number of anilines is 4. The van der Waals surface area contributed by atoms with Crippen molar-refractivity contribution < 1.29 is 9.13 Å². The highest BCUT2D eigenvalue weighted by atomic mass is 19.1. The summed E-state index contributed by atoms with van der Waals surface area (Å²) in [5.41, 5.74) is 4.61. The smallest absolute Gasteiger partial charge is 0.207 e. The van der Waals surface area contributed by atoms with Crippen molar-refractivity contribution in [1.82, 2.24) is 14.9 Å². The molecule has 0 amide bonds. The first kappa shape index (κ1) is 23.0. The molecule has 0 unspecified atom stereocenters. The number of imidazole rings is 1. The number of aromatic nitrogens is 2. The van der Waals surface area contributed by atoms with E-state index in [2.05, 4.69) is 45.3 Å². The van der Waals surface area contributed by atoms with Crippen LogP contribution < -0.4 is 25.2 Å². The molecule has 182 valence electrons. The predicted octanol–water partition coefficient (Wildman–Crippen LogP) is 3.86. The van der Waals surface area contributed by atoms with Crippen molar-refractivity contribution in [3.8, 4) is 23.1 Å². The number of rotatable bonds is 5. The molecule has 0 atom stereocenters. The third-order valence-electron chi connectivity index (χ3n) is 6.65. The second-order valence-electron chi connectivity index (χ2n) is 9.17. The standard InChI is InChI=1S/C26H30FN7O/c1-17(2)34-10-11-35-25-21(27)13-18(14-23(25)34)24-16-30-26(32(24)3)31-20-4-5-22(19(12-20)15-28)33-8-6-29-7-9-33/h4-5,12-14,16-17,29H,6-11H2,1-3H3,(H,30,31). The van der Waals surface area contributed by atoms with Crippen molar-refractivity contribution in [2.24, 2.45) is 7.05 Å². The number of piperazine rings is 1.